The number of nitrogens with zero attached hydrogens (tertiary/aromatic N) is 1. The van der Waals surface area contributed by atoms with E-state index >= 15 is 0 Å². The number of carbonyl (C=O) groups excluding carboxylic acids is 1. The average Bonchev–Trinajstić information content (AvgIpc) is 2.98. The number of carbonyl (C=O) groups is 1. The van der Waals surface area contributed by atoms with Crippen molar-refractivity contribution in [2.45, 2.75) is 32.1 Å². The van der Waals surface area contributed by atoms with Gasteiger partial charge in [0.15, 0.2) is 0 Å². The third-order valence-corrected chi connectivity index (χ3v) is 2.76. The monoisotopic (exact) mass is 199 g/mol. The van der Waals surface area contributed by atoms with E-state index in [2.05, 4.69) is 16.7 Å². The average molecular weight is 199 g/mol. The Morgan fingerprint density at radius 3 is 2.71 bits per heavy atom. The molecule has 82 valence electrons. The fraction of sp³-hybridized carbons (Fsp3) is 0.909. The van der Waals surface area contributed by atoms with Crippen LogP contribution in [0.1, 0.15) is 32.1 Å². The highest BCUT2D eigenvalue weighted by molar-refractivity contribution is 5.69. The van der Waals surface area contributed by atoms with E-state index in [4.69, 9.17) is 0 Å². The standard InChI is InChI=1S/C11H21NO2/c1-12(9-7-10-5-6-10)8-3-4-11(13)14-2/h10H,3-9H2,1-2H3. The molecule has 0 bridgehead atoms. The number of rotatable bonds is 7. The van der Waals surface area contributed by atoms with Crippen LogP contribution in [0.4, 0.5) is 0 Å². The molecule has 0 aliphatic heterocycles. The molecule has 14 heavy (non-hydrogen) atoms. The lowest BCUT2D eigenvalue weighted by molar-refractivity contribution is -0.140. The van der Waals surface area contributed by atoms with Crippen LogP contribution >= 0.6 is 0 Å². The molecule has 0 aromatic carbocycles. The maximum atomic E-state index is 10.8. The summed E-state index contributed by atoms with van der Waals surface area (Å²) in [5.41, 5.74) is 0. The van der Waals surface area contributed by atoms with Crippen molar-refractivity contribution in [2.24, 2.45) is 5.92 Å². The van der Waals surface area contributed by atoms with Crippen molar-refractivity contribution >= 4 is 5.97 Å². The lowest BCUT2D eigenvalue weighted by Gasteiger charge is -2.15. The van der Waals surface area contributed by atoms with Crippen LogP contribution < -0.4 is 0 Å². The summed E-state index contributed by atoms with van der Waals surface area (Å²) in [5, 5.41) is 0. The predicted molar refractivity (Wildman–Crippen MR) is 56.1 cm³/mol. The Balaban J connectivity index is 1.91. The number of hydrogen-bond acceptors (Lipinski definition) is 3. The number of hydrogen-bond donors (Lipinski definition) is 0. The first kappa shape index (κ1) is 11.5. The predicted octanol–water partition coefficient (Wildman–Crippen LogP) is 1.67. The molecule has 1 aliphatic carbocycles. The van der Waals surface area contributed by atoms with E-state index in [1.165, 1.54) is 32.9 Å². The van der Waals surface area contributed by atoms with Gasteiger partial charge in [-0.05, 0) is 38.9 Å². The normalized spacial score (nSPS) is 15.9. The Bertz CT molecular complexity index is 178. The van der Waals surface area contributed by atoms with Crippen LogP contribution in [-0.2, 0) is 9.53 Å². The van der Waals surface area contributed by atoms with E-state index in [-0.39, 0.29) is 5.97 Å². The molecule has 3 heteroatoms. The molecule has 1 rings (SSSR count). The maximum absolute atomic E-state index is 10.8. The quantitative estimate of drug-likeness (QED) is 0.584. The van der Waals surface area contributed by atoms with Crippen LogP contribution in [-0.4, -0.2) is 38.1 Å². The Hall–Kier alpha value is -0.570. The molecule has 1 fully saturated rings. The van der Waals surface area contributed by atoms with E-state index in [0.717, 1.165) is 18.9 Å². The summed E-state index contributed by atoms with van der Waals surface area (Å²) in [6.07, 6.45) is 5.64. The van der Waals surface area contributed by atoms with Gasteiger partial charge in [0.25, 0.3) is 0 Å². The molecule has 0 amide bonds. The minimum absolute atomic E-state index is 0.0967. The third kappa shape index (κ3) is 5.22. The van der Waals surface area contributed by atoms with Crippen molar-refractivity contribution in [3.8, 4) is 0 Å². The molecule has 0 unspecified atom stereocenters. The zero-order chi connectivity index (χ0) is 10.4. The molecular formula is C11H21NO2. The molecule has 0 spiro atoms. The van der Waals surface area contributed by atoms with Gasteiger partial charge in [-0.2, -0.15) is 0 Å². The molecule has 0 saturated heterocycles. The van der Waals surface area contributed by atoms with Gasteiger partial charge in [0.2, 0.25) is 0 Å². The second kappa shape index (κ2) is 6.02. The first-order valence-corrected chi connectivity index (χ1v) is 5.47. The van der Waals surface area contributed by atoms with Crippen molar-refractivity contribution < 1.29 is 9.53 Å². The third-order valence-electron chi connectivity index (χ3n) is 2.76. The fourth-order valence-corrected chi connectivity index (χ4v) is 1.52. The molecule has 1 saturated carbocycles. The molecule has 0 heterocycles. The van der Waals surface area contributed by atoms with Crippen LogP contribution in [0.25, 0.3) is 0 Å². The minimum atomic E-state index is -0.0967. The van der Waals surface area contributed by atoms with E-state index in [0.29, 0.717) is 6.42 Å². The Labute approximate surface area is 86.4 Å². The second-order valence-electron chi connectivity index (χ2n) is 4.22. The van der Waals surface area contributed by atoms with Crippen molar-refractivity contribution in [1.29, 1.82) is 0 Å². The highest BCUT2D eigenvalue weighted by Gasteiger charge is 2.20. The molecule has 0 N–H and O–H groups in total. The van der Waals surface area contributed by atoms with E-state index in [9.17, 15) is 4.79 Å². The first-order chi connectivity index (χ1) is 6.72. The zero-order valence-corrected chi connectivity index (χ0v) is 9.29. The summed E-state index contributed by atoms with van der Waals surface area (Å²) < 4.78 is 4.58. The molecular weight excluding hydrogens is 178 g/mol. The summed E-state index contributed by atoms with van der Waals surface area (Å²) in [4.78, 5) is 13.1. The second-order valence-corrected chi connectivity index (χ2v) is 4.22. The lowest BCUT2D eigenvalue weighted by Crippen LogP contribution is -2.22. The summed E-state index contributed by atoms with van der Waals surface area (Å²) in [5.74, 6) is 0.902. The number of methoxy groups -OCH3 is 1. The van der Waals surface area contributed by atoms with Crippen LogP contribution in [0.3, 0.4) is 0 Å². The lowest BCUT2D eigenvalue weighted by atomic mass is 10.2. The Morgan fingerprint density at radius 2 is 2.14 bits per heavy atom. The number of esters is 1. The Morgan fingerprint density at radius 1 is 1.43 bits per heavy atom. The van der Waals surface area contributed by atoms with E-state index < -0.39 is 0 Å². The van der Waals surface area contributed by atoms with Gasteiger partial charge in [-0.1, -0.05) is 12.8 Å². The summed E-state index contributed by atoms with van der Waals surface area (Å²) >= 11 is 0. The molecule has 0 aromatic heterocycles. The van der Waals surface area contributed by atoms with Crippen molar-refractivity contribution in [1.82, 2.24) is 4.90 Å². The molecule has 0 atom stereocenters. The highest BCUT2D eigenvalue weighted by Crippen LogP contribution is 2.32. The van der Waals surface area contributed by atoms with Gasteiger partial charge in [-0.25, -0.2) is 0 Å². The SMILES string of the molecule is COC(=O)CCCN(C)CCC1CC1. The molecule has 0 radical (unpaired) electrons. The maximum Gasteiger partial charge on any atom is 0.305 e. The summed E-state index contributed by atoms with van der Waals surface area (Å²) in [7, 11) is 3.57. The van der Waals surface area contributed by atoms with Crippen LogP contribution in [0, 0.1) is 5.92 Å². The highest BCUT2D eigenvalue weighted by atomic mass is 16.5. The topological polar surface area (TPSA) is 29.5 Å². The fourth-order valence-electron chi connectivity index (χ4n) is 1.52. The van der Waals surface area contributed by atoms with Crippen LogP contribution in [0.15, 0.2) is 0 Å². The van der Waals surface area contributed by atoms with Crippen molar-refractivity contribution in [3.05, 3.63) is 0 Å². The molecule has 3 nitrogen and oxygen atoms in total. The molecule has 1 aliphatic rings. The molecule has 0 aromatic rings. The smallest absolute Gasteiger partial charge is 0.305 e. The van der Waals surface area contributed by atoms with Gasteiger partial charge >= 0.3 is 5.97 Å². The van der Waals surface area contributed by atoms with Gasteiger partial charge in [-0.3, -0.25) is 4.79 Å². The van der Waals surface area contributed by atoms with Crippen molar-refractivity contribution in [2.75, 3.05) is 27.2 Å². The summed E-state index contributed by atoms with van der Waals surface area (Å²) in [6, 6.07) is 0. The number of ether oxygens (including phenoxy) is 1. The van der Waals surface area contributed by atoms with Crippen LogP contribution in [0.2, 0.25) is 0 Å². The van der Waals surface area contributed by atoms with E-state index in [1.54, 1.807) is 0 Å². The zero-order valence-electron chi connectivity index (χ0n) is 9.29. The van der Waals surface area contributed by atoms with Gasteiger partial charge in [-0.15, -0.1) is 0 Å². The van der Waals surface area contributed by atoms with Gasteiger partial charge in [0.05, 0.1) is 7.11 Å². The van der Waals surface area contributed by atoms with Gasteiger partial charge in [0, 0.05) is 6.42 Å². The first-order valence-electron chi connectivity index (χ1n) is 5.47. The van der Waals surface area contributed by atoms with E-state index in [1.807, 2.05) is 0 Å². The minimum Gasteiger partial charge on any atom is -0.469 e. The van der Waals surface area contributed by atoms with Gasteiger partial charge in [0.1, 0.15) is 0 Å². The largest absolute Gasteiger partial charge is 0.469 e. The van der Waals surface area contributed by atoms with Crippen LogP contribution in [0.5, 0.6) is 0 Å². The van der Waals surface area contributed by atoms with Crippen molar-refractivity contribution in [3.63, 3.8) is 0 Å². The summed E-state index contributed by atoms with van der Waals surface area (Å²) in [6.45, 7) is 2.17. The van der Waals surface area contributed by atoms with Gasteiger partial charge < -0.3 is 9.64 Å². The Kier molecular flexibility index (Phi) is 4.94.